The first-order chi connectivity index (χ1) is 14.1. The van der Waals surface area contributed by atoms with Gasteiger partial charge in [0.05, 0.1) is 24.0 Å². The molecule has 2 aromatic heterocycles. The molecule has 0 unspecified atom stereocenters. The average molecular weight is 395 g/mol. The molecule has 0 spiro atoms. The van der Waals surface area contributed by atoms with Gasteiger partial charge in [0.2, 0.25) is 11.7 Å². The molecule has 9 heteroatoms. The lowest BCUT2D eigenvalue weighted by molar-refractivity contribution is 0.252. The Morgan fingerprint density at radius 3 is 2.72 bits per heavy atom. The third-order valence-corrected chi connectivity index (χ3v) is 4.18. The zero-order valence-electron chi connectivity index (χ0n) is 15.6. The predicted molar refractivity (Wildman–Crippen MR) is 103 cm³/mol. The van der Waals surface area contributed by atoms with Crippen LogP contribution in [0.15, 0.2) is 57.8 Å². The van der Waals surface area contributed by atoms with Gasteiger partial charge < -0.3 is 14.2 Å². The van der Waals surface area contributed by atoms with Crippen molar-refractivity contribution in [1.82, 2.24) is 25.0 Å². The number of fused-ring (bicyclic) bond motifs is 1. The van der Waals surface area contributed by atoms with Gasteiger partial charge in [-0.2, -0.15) is 4.98 Å². The summed E-state index contributed by atoms with van der Waals surface area (Å²) in [6, 6.07) is 12.9. The maximum atomic E-state index is 12.9. The summed E-state index contributed by atoms with van der Waals surface area (Å²) in [5.41, 5.74) is 0.481. The molecule has 0 saturated carbocycles. The number of para-hydroxylation sites is 1. The Bertz CT molecular complexity index is 1170. The SMILES string of the molecule is CN(Cc1nc2ccccc2c(=O)[nH]1)Cc1nc(COc2ccc(F)cc2)no1. The molecule has 0 aliphatic heterocycles. The third kappa shape index (κ3) is 4.64. The summed E-state index contributed by atoms with van der Waals surface area (Å²) in [5, 5.41) is 4.44. The molecular weight excluding hydrogens is 377 g/mol. The zero-order chi connectivity index (χ0) is 20.2. The molecule has 4 rings (SSSR count). The third-order valence-electron chi connectivity index (χ3n) is 4.18. The van der Waals surface area contributed by atoms with Crippen molar-refractivity contribution < 1.29 is 13.7 Å². The van der Waals surface area contributed by atoms with Crippen molar-refractivity contribution in [2.24, 2.45) is 0 Å². The van der Waals surface area contributed by atoms with E-state index in [2.05, 4.69) is 20.1 Å². The lowest BCUT2D eigenvalue weighted by Crippen LogP contribution is -2.22. The summed E-state index contributed by atoms with van der Waals surface area (Å²) in [6.07, 6.45) is 0. The van der Waals surface area contributed by atoms with Crippen molar-refractivity contribution in [2.45, 2.75) is 19.7 Å². The molecule has 148 valence electrons. The zero-order valence-corrected chi connectivity index (χ0v) is 15.6. The van der Waals surface area contributed by atoms with Gasteiger partial charge >= 0.3 is 0 Å². The lowest BCUT2D eigenvalue weighted by atomic mass is 10.2. The van der Waals surface area contributed by atoms with Gasteiger partial charge in [-0.3, -0.25) is 9.69 Å². The Morgan fingerprint density at radius 2 is 1.90 bits per heavy atom. The number of ether oxygens (including phenoxy) is 1. The van der Waals surface area contributed by atoms with E-state index in [1.807, 2.05) is 18.0 Å². The molecule has 0 atom stereocenters. The van der Waals surface area contributed by atoms with Gasteiger partial charge in [0, 0.05) is 0 Å². The summed E-state index contributed by atoms with van der Waals surface area (Å²) in [7, 11) is 1.86. The number of hydrogen-bond acceptors (Lipinski definition) is 7. The quantitative estimate of drug-likeness (QED) is 0.514. The van der Waals surface area contributed by atoms with Crippen LogP contribution in [0.5, 0.6) is 5.75 Å². The van der Waals surface area contributed by atoms with Crippen molar-refractivity contribution in [3.05, 3.63) is 82.2 Å². The van der Waals surface area contributed by atoms with Gasteiger partial charge in [-0.05, 0) is 43.4 Å². The van der Waals surface area contributed by atoms with E-state index in [4.69, 9.17) is 9.26 Å². The van der Waals surface area contributed by atoms with E-state index in [-0.39, 0.29) is 18.0 Å². The lowest BCUT2D eigenvalue weighted by Gasteiger charge is -2.13. The Kier molecular flexibility index (Phi) is 5.30. The van der Waals surface area contributed by atoms with Gasteiger partial charge in [0.15, 0.2) is 6.61 Å². The number of H-pyrrole nitrogens is 1. The second-order valence-electron chi connectivity index (χ2n) is 6.55. The van der Waals surface area contributed by atoms with Crippen LogP contribution in [0.2, 0.25) is 0 Å². The molecule has 4 aromatic rings. The summed E-state index contributed by atoms with van der Waals surface area (Å²) >= 11 is 0. The van der Waals surface area contributed by atoms with E-state index in [1.165, 1.54) is 24.3 Å². The molecule has 2 aromatic carbocycles. The molecular formula is C20H18FN5O3. The van der Waals surface area contributed by atoms with Crippen LogP contribution >= 0.6 is 0 Å². The van der Waals surface area contributed by atoms with Crippen molar-refractivity contribution in [3.8, 4) is 5.75 Å². The van der Waals surface area contributed by atoms with Crippen molar-refractivity contribution >= 4 is 10.9 Å². The number of aromatic nitrogens is 4. The van der Waals surface area contributed by atoms with E-state index >= 15 is 0 Å². The summed E-state index contributed by atoms with van der Waals surface area (Å²) in [4.78, 5) is 25.6. The first-order valence-corrected chi connectivity index (χ1v) is 8.93. The van der Waals surface area contributed by atoms with E-state index in [1.54, 1.807) is 18.2 Å². The number of halogens is 1. The Balaban J connectivity index is 1.36. The van der Waals surface area contributed by atoms with Crippen LogP contribution < -0.4 is 10.3 Å². The maximum absolute atomic E-state index is 12.9. The van der Waals surface area contributed by atoms with E-state index in [0.29, 0.717) is 47.3 Å². The topological polar surface area (TPSA) is 97.1 Å². The van der Waals surface area contributed by atoms with Crippen molar-refractivity contribution in [2.75, 3.05) is 7.05 Å². The van der Waals surface area contributed by atoms with Crippen LogP contribution in [0, 0.1) is 5.82 Å². The van der Waals surface area contributed by atoms with Crippen LogP contribution in [0.1, 0.15) is 17.5 Å². The molecule has 0 bridgehead atoms. The molecule has 0 saturated heterocycles. The number of aromatic amines is 1. The van der Waals surface area contributed by atoms with Crippen molar-refractivity contribution in [3.63, 3.8) is 0 Å². The minimum Gasteiger partial charge on any atom is -0.485 e. The molecule has 8 nitrogen and oxygen atoms in total. The van der Waals surface area contributed by atoms with E-state index in [0.717, 1.165) is 0 Å². The molecule has 29 heavy (non-hydrogen) atoms. The first-order valence-electron chi connectivity index (χ1n) is 8.93. The largest absolute Gasteiger partial charge is 0.485 e. The van der Waals surface area contributed by atoms with Gasteiger partial charge in [-0.15, -0.1) is 0 Å². The van der Waals surface area contributed by atoms with E-state index < -0.39 is 0 Å². The predicted octanol–water partition coefficient (Wildman–Crippen LogP) is 2.66. The summed E-state index contributed by atoms with van der Waals surface area (Å²) < 4.78 is 23.6. The van der Waals surface area contributed by atoms with Gasteiger partial charge in [0.1, 0.15) is 17.4 Å². The van der Waals surface area contributed by atoms with Gasteiger partial charge in [-0.25, -0.2) is 9.37 Å². The molecule has 0 aliphatic carbocycles. The summed E-state index contributed by atoms with van der Waals surface area (Å²) in [6.45, 7) is 0.891. The number of nitrogens with one attached hydrogen (secondary N) is 1. The average Bonchev–Trinajstić information content (AvgIpc) is 3.15. The smallest absolute Gasteiger partial charge is 0.258 e. The monoisotopic (exact) mass is 395 g/mol. The molecule has 0 fully saturated rings. The summed E-state index contributed by atoms with van der Waals surface area (Å²) in [5.74, 6) is 1.53. The molecule has 1 N–H and O–H groups in total. The Labute approximate surface area is 165 Å². The molecule has 0 amide bonds. The Morgan fingerprint density at radius 1 is 1.10 bits per heavy atom. The highest BCUT2D eigenvalue weighted by molar-refractivity contribution is 5.77. The van der Waals surface area contributed by atoms with E-state index in [9.17, 15) is 9.18 Å². The standard InChI is InChI=1S/C20H18FN5O3/c1-26(10-17-22-16-5-3-2-4-15(16)20(27)24-17)11-19-23-18(25-29-19)12-28-14-8-6-13(21)7-9-14/h2-9H,10-12H2,1H3,(H,22,24,27). The maximum Gasteiger partial charge on any atom is 0.258 e. The molecule has 0 radical (unpaired) electrons. The van der Waals surface area contributed by atoms with Crippen LogP contribution in [0.4, 0.5) is 4.39 Å². The fraction of sp³-hybridized carbons (Fsp3) is 0.200. The number of benzene rings is 2. The molecule has 0 aliphatic rings. The highest BCUT2D eigenvalue weighted by atomic mass is 19.1. The Hall–Kier alpha value is -3.59. The van der Waals surface area contributed by atoms with Crippen LogP contribution in [-0.2, 0) is 19.7 Å². The van der Waals surface area contributed by atoms with Crippen LogP contribution in [0.25, 0.3) is 10.9 Å². The number of hydrogen-bond donors (Lipinski definition) is 1. The second-order valence-corrected chi connectivity index (χ2v) is 6.55. The van der Waals surface area contributed by atoms with Crippen molar-refractivity contribution in [1.29, 1.82) is 0 Å². The minimum atomic E-state index is -0.329. The second kappa shape index (κ2) is 8.19. The normalized spacial score (nSPS) is 11.3. The number of rotatable bonds is 7. The van der Waals surface area contributed by atoms with Gasteiger partial charge in [0.25, 0.3) is 5.56 Å². The molecule has 2 heterocycles. The fourth-order valence-corrected chi connectivity index (χ4v) is 2.84. The van der Waals surface area contributed by atoms with Crippen LogP contribution in [-0.4, -0.2) is 32.1 Å². The highest BCUT2D eigenvalue weighted by Crippen LogP contribution is 2.13. The first kappa shape index (κ1) is 18.8. The van der Waals surface area contributed by atoms with Gasteiger partial charge in [-0.1, -0.05) is 17.3 Å². The van der Waals surface area contributed by atoms with Crippen LogP contribution in [0.3, 0.4) is 0 Å². The minimum absolute atomic E-state index is 0.110. The fourth-order valence-electron chi connectivity index (χ4n) is 2.84. The number of nitrogens with zero attached hydrogens (tertiary/aromatic N) is 4. The highest BCUT2D eigenvalue weighted by Gasteiger charge is 2.12.